The van der Waals surface area contributed by atoms with Crippen LogP contribution in [0.15, 0.2) is 55.4 Å². The molecule has 3 aromatic heterocycles. The molecule has 1 aromatic carbocycles. The molecular weight excluding hydrogens is 394 g/mol. The minimum Gasteiger partial charge on any atom is -0.481 e. The molecule has 31 heavy (non-hydrogen) atoms. The van der Waals surface area contributed by atoms with Crippen molar-refractivity contribution in [2.45, 2.75) is 38.6 Å². The maximum atomic E-state index is 12.1. The fourth-order valence-electron chi connectivity index (χ4n) is 4.52. The number of hydrogen-bond donors (Lipinski definition) is 2. The van der Waals surface area contributed by atoms with Crippen molar-refractivity contribution in [2.24, 2.45) is 5.41 Å². The second kappa shape index (κ2) is 7.50. The maximum absolute atomic E-state index is 12.1. The van der Waals surface area contributed by atoms with Crippen molar-refractivity contribution in [3.8, 4) is 5.69 Å². The molecule has 0 spiro atoms. The Bertz CT molecular complexity index is 1210. The number of carbonyl (C=O) groups is 1. The Morgan fingerprint density at radius 3 is 2.68 bits per heavy atom. The molecule has 1 fully saturated rings. The summed E-state index contributed by atoms with van der Waals surface area (Å²) in [5.74, 6) is -0.249. The summed E-state index contributed by atoms with van der Waals surface area (Å²) in [6, 6.07) is 9.51. The number of aliphatic carboxylic acids is 1. The van der Waals surface area contributed by atoms with Crippen molar-refractivity contribution in [2.75, 3.05) is 5.32 Å². The zero-order valence-corrected chi connectivity index (χ0v) is 17.1. The van der Waals surface area contributed by atoms with Crippen LogP contribution in [-0.4, -0.2) is 40.4 Å². The van der Waals surface area contributed by atoms with Crippen LogP contribution >= 0.6 is 0 Å². The van der Waals surface area contributed by atoms with E-state index in [0.717, 1.165) is 35.2 Å². The molecule has 1 aliphatic carbocycles. The molecule has 3 heterocycles. The molecule has 0 saturated heterocycles. The summed E-state index contributed by atoms with van der Waals surface area (Å²) in [7, 11) is 0. The minimum absolute atomic E-state index is 0.138. The van der Waals surface area contributed by atoms with Crippen LogP contribution < -0.4 is 5.32 Å². The molecule has 1 saturated carbocycles. The van der Waals surface area contributed by atoms with Gasteiger partial charge in [0.15, 0.2) is 0 Å². The molecule has 2 N–H and O–H groups in total. The van der Waals surface area contributed by atoms with Crippen LogP contribution in [0.2, 0.25) is 0 Å². The molecule has 0 radical (unpaired) electrons. The molecule has 158 valence electrons. The Kier molecular flexibility index (Phi) is 4.65. The van der Waals surface area contributed by atoms with Gasteiger partial charge in [0.2, 0.25) is 5.95 Å². The first-order valence-electron chi connectivity index (χ1n) is 10.4. The lowest BCUT2D eigenvalue weighted by Gasteiger charge is -2.44. The van der Waals surface area contributed by atoms with E-state index >= 15 is 0 Å². The van der Waals surface area contributed by atoms with Crippen LogP contribution in [0.25, 0.3) is 16.7 Å². The number of aromatic nitrogens is 6. The summed E-state index contributed by atoms with van der Waals surface area (Å²) in [5, 5.41) is 18.2. The number of carboxylic acids is 1. The molecular formula is C22H23N7O2. The van der Waals surface area contributed by atoms with E-state index in [4.69, 9.17) is 4.98 Å². The van der Waals surface area contributed by atoms with Crippen molar-refractivity contribution >= 4 is 28.6 Å². The fourth-order valence-corrected chi connectivity index (χ4v) is 4.52. The topological polar surface area (TPSA) is 111 Å². The van der Waals surface area contributed by atoms with Crippen LogP contribution in [0.1, 0.15) is 38.6 Å². The van der Waals surface area contributed by atoms with Gasteiger partial charge in [-0.05, 0) is 49.6 Å². The van der Waals surface area contributed by atoms with Gasteiger partial charge >= 0.3 is 5.97 Å². The van der Waals surface area contributed by atoms with Crippen LogP contribution in [0, 0.1) is 5.41 Å². The molecule has 0 bridgehead atoms. The highest BCUT2D eigenvalue weighted by Crippen LogP contribution is 2.51. The van der Waals surface area contributed by atoms with Gasteiger partial charge in [-0.1, -0.05) is 13.3 Å². The molecule has 9 heteroatoms. The lowest BCUT2D eigenvalue weighted by molar-refractivity contribution is -0.159. The zero-order chi connectivity index (χ0) is 21.4. The van der Waals surface area contributed by atoms with E-state index in [0.29, 0.717) is 18.8 Å². The smallest absolute Gasteiger partial charge is 0.311 e. The Morgan fingerprint density at radius 1 is 1.26 bits per heavy atom. The quantitative estimate of drug-likeness (QED) is 0.468. The first-order chi connectivity index (χ1) is 15.1. The second-order valence-electron chi connectivity index (χ2n) is 7.95. The van der Waals surface area contributed by atoms with Gasteiger partial charge in [0.05, 0.1) is 17.1 Å². The van der Waals surface area contributed by atoms with Gasteiger partial charge in [-0.3, -0.25) is 4.79 Å². The molecule has 1 unspecified atom stereocenters. The van der Waals surface area contributed by atoms with E-state index in [1.165, 1.54) is 6.33 Å². The number of anilines is 2. The lowest BCUT2D eigenvalue weighted by atomic mass is 9.63. The molecule has 0 amide bonds. The second-order valence-corrected chi connectivity index (χ2v) is 7.95. The van der Waals surface area contributed by atoms with Crippen molar-refractivity contribution in [3.05, 3.63) is 55.4 Å². The number of nitrogens with zero attached hydrogens (tertiary/aromatic N) is 6. The van der Waals surface area contributed by atoms with E-state index < -0.39 is 11.4 Å². The van der Waals surface area contributed by atoms with Gasteiger partial charge in [-0.25, -0.2) is 14.6 Å². The van der Waals surface area contributed by atoms with E-state index in [1.54, 1.807) is 17.2 Å². The molecule has 1 aliphatic rings. The summed E-state index contributed by atoms with van der Waals surface area (Å²) >= 11 is 0. The Labute approximate surface area is 178 Å². The number of nitrogens with one attached hydrogen (secondary N) is 1. The van der Waals surface area contributed by atoms with Gasteiger partial charge in [-0.15, -0.1) is 0 Å². The average molecular weight is 417 g/mol. The third kappa shape index (κ3) is 3.22. The van der Waals surface area contributed by atoms with Crippen LogP contribution in [-0.2, 0) is 4.79 Å². The van der Waals surface area contributed by atoms with Crippen molar-refractivity contribution in [1.82, 2.24) is 29.3 Å². The van der Waals surface area contributed by atoms with Crippen LogP contribution in [0.5, 0.6) is 0 Å². The van der Waals surface area contributed by atoms with E-state index in [9.17, 15) is 9.90 Å². The van der Waals surface area contributed by atoms with Crippen molar-refractivity contribution in [1.29, 1.82) is 0 Å². The number of fused-ring (bicyclic) bond motifs is 1. The summed E-state index contributed by atoms with van der Waals surface area (Å²) in [6.45, 7) is 2.04. The van der Waals surface area contributed by atoms with E-state index in [1.807, 2.05) is 48.0 Å². The summed E-state index contributed by atoms with van der Waals surface area (Å²) in [5.41, 5.74) is 1.78. The van der Waals surface area contributed by atoms with Crippen molar-refractivity contribution in [3.63, 3.8) is 0 Å². The average Bonchev–Trinajstić information content (AvgIpc) is 3.41. The third-order valence-electron chi connectivity index (χ3n) is 6.29. The van der Waals surface area contributed by atoms with Gasteiger partial charge in [0, 0.05) is 23.5 Å². The molecule has 0 aliphatic heterocycles. The third-order valence-corrected chi connectivity index (χ3v) is 6.29. The first-order valence-corrected chi connectivity index (χ1v) is 10.4. The monoisotopic (exact) mass is 417 g/mol. The zero-order valence-electron chi connectivity index (χ0n) is 17.1. The van der Waals surface area contributed by atoms with Gasteiger partial charge in [-0.2, -0.15) is 10.1 Å². The lowest BCUT2D eigenvalue weighted by Crippen LogP contribution is -2.45. The number of carboxylic acid groups (broad SMARTS) is 1. The SMILES string of the molecule is CCC(n1ccc2cnc(Nc3ccc(-n4cncn4)cc3)nc21)C1(C(=O)O)CCC1. The molecule has 1 atom stereocenters. The van der Waals surface area contributed by atoms with Crippen LogP contribution in [0.3, 0.4) is 0 Å². The standard InChI is InChI=1S/C22H23N7O2/c1-2-18(22(20(30)31)9-3-10-22)28-11-8-15-12-24-21(27-19(15)28)26-16-4-6-17(7-5-16)29-14-23-13-25-29/h4-8,11-14,18H,2-3,9-10H2,1H3,(H,30,31)(H,24,26,27). The molecule has 9 nitrogen and oxygen atoms in total. The Balaban J connectivity index is 1.44. The van der Waals surface area contributed by atoms with Gasteiger partial charge in [0.1, 0.15) is 18.3 Å². The van der Waals surface area contributed by atoms with E-state index in [2.05, 4.69) is 20.4 Å². The van der Waals surface area contributed by atoms with E-state index in [-0.39, 0.29) is 6.04 Å². The summed E-state index contributed by atoms with van der Waals surface area (Å²) in [6.07, 6.45) is 9.93. The highest BCUT2D eigenvalue weighted by atomic mass is 16.4. The number of hydrogen-bond acceptors (Lipinski definition) is 6. The number of benzene rings is 1. The van der Waals surface area contributed by atoms with Crippen LogP contribution in [0.4, 0.5) is 11.6 Å². The molecule has 4 aromatic rings. The molecule has 5 rings (SSSR count). The van der Waals surface area contributed by atoms with Gasteiger partial charge < -0.3 is 15.0 Å². The Morgan fingerprint density at radius 2 is 2.06 bits per heavy atom. The predicted octanol–water partition coefficient (Wildman–Crippen LogP) is 3.96. The number of rotatable bonds is 7. The fraction of sp³-hybridized carbons (Fsp3) is 0.318. The normalized spacial score (nSPS) is 16.0. The maximum Gasteiger partial charge on any atom is 0.311 e. The minimum atomic E-state index is -0.715. The Hall–Kier alpha value is -3.75. The first kappa shape index (κ1) is 19.2. The largest absolute Gasteiger partial charge is 0.481 e. The summed E-state index contributed by atoms with van der Waals surface area (Å²) < 4.78 is 3.70. The van der Waals surface area contributed by atoms with Crippen molar-refractivity contribution < 1.29 is 9.90 Å². The highest BCUT2D eigenvalue weighted by Gasteiger charge is 2.51. The summed E-state index contributed by atoms with van der Waals surface area (Å²) in [4.78, 5) is 25.2. The van der Waals surface area contributed by atoms with Gasteiger partial charge in [0.25, 0.3) is 0 Å². The predicted molar refractivity (Wildman–Crippen MR) is 115 cm³/mol. The highest BCUT2D eigenvalue weighted by molar-refractivity contribution is 5.79.